The average Bonchev–Trinajstić information content (AvgIpc) is 2.95. The van der Waals surface area contributed by atoms with Gasteiger partial charge in [0.1, 0.15) is 0 Å². The molecule has 0 saturated heterocycles. The van der Waals surface area contributed by atoms with E-state index in [1.165, 1.54) is 9.75 Å². The Bertz CT molecular complexity index is 559. The SMILES string of the molecule is CCc1nn(CC)c(CC(N)c2ccc(C)s2)c1Cl. The quantitative estimate of drug-likeness (QED) is 0.914. The fraction of sp³-hybridized carbons (Fsp3) is 0.500. The van der Waals surface area contributed by atoms with Crippen LogP contribution in [0.3, 0.4) is 0 Å². The third-order valence-electron chi connectivity index (χ3n) is 3.23. The fourth-order valence-electron chi connectivity index (χ4n) is 2.17. The number of aryl methyl sites for hydroxylation is 3. The summed E-state index contributed by atoms with van der Waals surface area (Å²) in [5.74, 6) is 0. The number of hydrogen-bond acceptors (Lipinski definition) is 3. The molecule has 0 fully saturated rings. The highest BCUT2D eigenvalue weighted by Crippen LogP contribution is 2.28. The Hall–Kier alpha value is -0.840. The molecule has 19 heavy (non-hydrogen) atoms. The maximum atomic E-state index is 6.41. The molecule has 0 radical (unpaired) electrons. The van der Waals surface area contributed by atoms with Crippen molar-refractivity contribution in [2.75, 3.05) is 0 Å². The van der Waals surface area contributed by atoms with E-state index in [1.54, 1.807) is 11.3 Å². The third kappa shape index (κ3) is 3.02. The van der Waals surface area contributed by atoms with Gasteiger partial charge in [-0.1, -0.05) is 18.5 Å². The normalized spacial score (nSPS) is 12.9. The Balaban J connectivity index is 2.25. The Morgan fingerprint density at radius 2 is 2.16 bits per heavy atom. The highest BCUT2D eigenvalue weighted by atomic mass is 35.5. The second kappa shape index (κ2) is 6.07. The van der Waals surface area contributed by atoms with Crippen LogP contribution in [0.1, 0.15) is 41.0 Å². The molecule has 0 aromatic carbocycles. The number of aromatic nitrogens is 2. The van der Waals surface area contributed by atoms with Crippen LogP contribution in [0.25, 0.3) is 0 Å². The van der Waals surface area contributed by atoms with Crippen molar-refractivity contribution in [1.82, 2.24) is 9.78 Å². The molecule has 2 aromatic heterocycles. The summed E-state index contributed by atoms with van der Waals surface area (Å²) in [7, 11) is 0. The minimum Gasteiger partial charge on any atom is -0.323 e. The second-order valence-corrected chi connectivity index (χ2v) is 6.33. The number of hydrogen-bond donors (Lipinski definition) is 1. The fourth-order valence-corrected chi connectivity index (χ4v) is 3.40. The van der Waals surface area contributed by atoms with E-state index in [4.69, 9.17) is 17.3 Å². The highest BCUT2D eigenvalue weighted by Gasteiger charge is 2.18. The van der Waals surface area contributed by atoms with Crippen LogP contribution in [0.15, 0.2) is 12.1 Å². The number of nitrogens with zero attached hydrogens (tertiary/aromatic N) is 2. The van der Waals surface area contributed by atoms with Crippen LogP contribution in [-0.4, -0.2) is 9.78 Å². The molecule has 0 bridgehead atoms. The van der Waals surface area contributed by atoms with E-state index in [0.717, 1.165) is 35.8 Å². The van der Waals surface area contributed by atoms with Crippen molar-refractivity contribution in [3.63, 3.8) is 0 Å². The molecule has 0 amide bonds. The molecule has 5 heteroatoms. The number of nitrogens with two attached hydrogens (primary N) is 1. The minimum atomic E-state index is -0.0112. The van der Waals surface area contributed by atoms with E-state index in [9.17, 15) is 0 Å². The number of thiophene rings is 1. The lowest BCUT2D eigenvalue weighted by atomic mass is 10.1. The Morgan fingerprint density at radius 3 is 2.68 bits per heavy atom. The highest BCUT2D eigenvalue weighted by molar-refractivity contribution is 7.12. The topological polar surface area (TPSA) is 43.8 Å². The van der Waals surface area contributed by atoms with Crippen LogP contribution in [-0.2, 0) is 19.4 Å². The van der Waals surface area contributed by atoms with Crippen LogP contribution in [0.4, 0.5) is 0 Å². The lowest BCUT2D eigenvalue weighted by Crippen LogP contribution is -2.15. The molecule has 1 unspecified atom stereocenters. The van der Waals surface area contributed by atoms with Crippen LogP contribution in [0, 0.1) is 6.92 Å². The summed E-state index contributed by atoms with van der Waals surface area (Å²) < 4.78 is 1.97. The molecular weight excluding hydrogens is 278 g/mol. The number of rotatable bonds is 5. The van der Waals surface area contributed by atoms with E-state index in [2.05, 4.69) is 38.0 Å². The Morgan fingerprint density at radius 1 is 1.42 bits per heavy atom. The van der Waals surface area contributed by atoms with Crippen molar-refractivity contribution in [3.05, 3.63) is 38.3 Å². The van der Waals surface area contributed by atoms with E-state index in [0.29, 0.717) is 0 Å². The molecule has 0 spiro atoms. The van der Waals surface area contributed by atoms with Gasteiger partial charge in [0.15, 0.2) is 0 Å². The van der Waals surface area contributed by atoms with Gasteiger partial charge >= 0.3 is 0 Å². The van der Waals surface area contributed by atoms with Gasteiger partial charge in [-0.3, -0.25) is 4.68 Å². The molecule has 0 aliphatic carbocycles. The monoisotopic (exact) mass is 297 g/mol. The largest absolute Gasteiger partial charge is 0.323 e. The van der Waals surface area contributed by atoms with Gasteiger partial charge in [-0.25, -0.2) is 0 Å². The van der Waals surface area contributed by atoms with E-state index in [1.807, 2.05) is 4.68 Å². The standard InChI is InChI=1S/C14H20ClN3S/c1-4-11-14(15)12(18(5-2)17-11)8-10(16)13-7-6-9(3)19-13/h6-7,10H,4-5,8,16H2,1-3H3. The van der Waals surface area contributed by atoms with E-state index >= 15 is 0 Å². The molecule has 104 valence electrons. The lowest BCUT2D eigenvalue weighted by molar-refractivity contribution is 0.588. The van der Waals surface area contributed by atoms with Crippen LogP contribution in [0.2, 0.25) is 5.02 Å². The van der Waals surface area contributed by atoms with Crippen molar-refractivity contribution in [3.8, 4) is 0 Å². The summed E-state index contributed by atoms with van der Waals surface area (Å²) in [6.45, 7) is 7.07. The zero-order valence-corrected chi connectivity index (χ0v) is 13.2. The lowest BCUT2D eigenvalue weighted by Gasteiger charge is -2.11. The summed E-state index contributed by atoms with van der Waals surface area (Å²) in [4.78, 5) is 2.49. The maximum Gasteiger partial charge on any atom is 0.0850 e. The van der Waals surface area contributed by atoms with Crippen LogP contribution in [0.5, 0.6) is 0 Å². The zero-order valence-electron chi connectivity index (χ0n) is 11.6. The van der Waals surface area contributed by atoms with Gasteiger partial charge in [0.05, 0.1) is 16.4 Å². The van der Waals surface area contributed by atoms with E-state index in [-0.39, 0.29) is 6.04 Å². The predicted octanol–water partition coefficient (Wildman–Crippen LogP) is 3.73. The van der Waals surface area contributed by atoms with Gasteiger partial charge in [0, 0.05) is 28.8 Å². The van der Waals surface area contributed by atoms with Crippen molar-refractivity contribution >= 4 is 22.9 Å². The molecular formula is C14H20ClN3S. The van der Waals surface area contributed by atoms with Crippen molar-refractivity contribution in [1.29, 1.82) is 0 Å². The molecule has 0 aliphatic rings. The average molecular weight is 298 g/mol. The maximum absolute atomic E-state index is 6.41. The summed E-state index contributed by atoms with van der Waals surface area (Å²) in [5, 5.41) is 5.32. The zero-order chi connectivity index (χ0) is 14.0. The Labute approximate surface area is 123 Å². The first-order valence-corrected chi connectivity index (χ1v) is 7.82. The molecule has 0 aliphatic heterocycles. The van der Waals surface area contributed by atoms with Crippen LogP contribution >= 0.6 is 22.9 Å². The van der Waals surface area contributed by atoms with Gasteiger partial charge in [0.25, 0.3) is 0 Å². The van der Waals surface area contributed by atoms with Crippen molar-refractivity contribution in [2.45, 2.75) is 46.2 Å². The summed E-state index contributed by atoms with van der Waals surface area (Å²) in [6, 6.07) is 4.20. The molecule has 2 aromatic rings. The molecule has 2 heterocycles. The van der Waals surface area contributed by atoms with Gasteiger partial charge in [0.2, 0.25) is 0 Å². The first kappa shape index (κ1) is 14.6. The molecule has 1 atom stereocenters. The first-order valence-electron chi connectivity index (χ1n) is 6.62. The molecule has 0 saturated carbocycles. The smallest absolute Gasteiger partial charge is 0.0850 e. The van der Waals surface area contributed by atoms with Gasteiger partial charge in [-0.05, 0) is 32.4 Å². The van der Waals surface area contributed by atoms with Crippen LogP contribution < -0.4 is 5.73 Å². The first-order chi connectivity index (χ1) is 9.06. The van der Waals surface area contributed by atoms with Gasteiger partial charge < -0.3 is 5.73 Å². The number of halogens is 1. The summed E-state index contributed by atoms with van der Waals surface area (Å²) in [5.41, 5.74) is 8.32. The Kier molecular flexibility index (Phi) is 4.66. The third-order valence-corrected chi connectivity index (χ3v) is 4.80. The summed E-state index contributed by atoms with van der Waals surface area (Å²) >= 11 is 8.16. The molecule has 3 nitrogen and oxygen atoms in total. The molecule has 2 N–H and O–H groups in total. The second-order valence-electron chi connectivity index (χ2n) is 4.64. The predicted molar refractivity (Wildman–Crippen MR) is 82.0 cm³/mol. The van der Waals surface area contributed by atoms with Crippen molar-refractivity contribution < 1.29 is 0 Å². The van der Waals surface area contributed by atoms with Crippen molar-refractivity contribution in [2.24, 2.45) is 5.73 Å². The van der Waals surface area contributed by atoms with E-state index < -0.39 is 0 Å². The van der Waals surface area contributed by atoms with Gasteiger partial charge in [-0.15, -0.1) is 11.3 Å². The van der Waals surface area contributed by atoms with Gasteiger partial charge in [-0.2, -0.15) is 5.10 Å². The summed E-state index contributed by atoms with van der Waals surface area (Å²) in [6.07, 6.45) is 1.59. The molecule has 2 rings (SSSR count). The minimum absolute atomic E-state index is 0.0112.